The van der Waals surface area contributed by atoms with E-state index in [0.29, 0.717) is 24.9 Å². The van der Waals surface area contributed by atoms with E-state index in [1.165, 1.54) is 28.3 Å². The summed E-state index contributed by atoms with van der Waals surface area (Å²) < 4.78 is 6.53. The Bertz CT molecular complexity index is 1130. The van der Waals surface area contributed by atoms with Crippen LogP contribution in [0.1, 0.15) is 25.3 Å². The number of benzene rings is 2. The molecule has 0 bridgehead atoms. The van der Waals surface area contributed by atoms with Crippen molar-refractivity contribution in [1.29, 1.82) is 0 Å². The van der Waals surface area contributed by atoms with E-state index in [1.54, 1.807) is 0 Å². The highest BCUT2D eigenvalue weighted by Crippen LogP contribution is 2.32. The minimum atomic E-state index is -0.581. The van der Waals surface area contributed by atoms with Crippen molar-refractivity contribution >= 4 is 28.4 Å². The first-order valence-electron chi connectivity index (χ1n) is 9.13. The second-order valence-electron chi connectivity index (χ2n) is 6.98. The Morgan fingerprint density at radius 1 is 1.29 bits per heavy atom. The molecule has 4 rings (SSSR count). The Kier molecular flexibility index (Phi) is 4.46. The summed E-state index contributed by atoms with van der Waals surface area (Å²) in [6, 6.07) is 12.1. The molecular weight excluding hydrogens is 362 g/mol. The number of aromatic nitrogens is 1. The third kappa shape index (κ3) is 3.06. The second kappa shape index (κ2) is 6.95. The maximum absolute atomic E-state index is 12.8. The van der Waals surface area contributed by atoms with Crippen LogP contribution in [0.25, 0.3) is 11.1 Å². The summed E-state index contributed by atoms with van der Waals surface area (Å²) in [5.74, 6) is -0.559. The van der Waals surface area contributed by atoms with Gasteiger partial charge in [-0.3, -0.25) is 19.5 Å². The van der Waals surface area contributed by atoms with Gasteiger partial charge in [-0.15, -0.1) is 0 Å². The number of nitro groups is 1. The monoisotopic (exact) mass is 381 g/mol. The zero-order valence-electron chi connectivity index (χ0n) is 15.3. The van der Waals surface area contributed by atoms with Gasteiger partial charge in [0.15, 0.2) is 5.58 Å². The Balaban J connectivity index is 1.47. The number of nitro benzene ring substituents is 1. The van der Waals surface area contributed by atoms with Crippen molar-refractivity contribution in [3.8, 4) is 0 Å². The first kappa shape index (κ1) is 18.0. The zero-order valence-corrected chi connectivity index (χ0v) is 15.3. The summed E-state index contributed by atoms with van der Waals surface area (Å²) in [6.07, 6.45) is 1.60. The number of fused-ring (bicyclic) bond motifs is 2. The molecule has 1 aromatic heterocycles. The van der Waals surface area contributed by atoms with Crippen molar-refractivity contribution in [3.05, 3.63) is 68.7 Å². The zero-order chi connectivity index (χ0) is 19.8. The molecule has 0 saturated heterocycles. The maximum Gasteiger partial charge on any atom is 0.419 e. The predicted molar refractivity (Wildman–Crippen MR) is 103 cm³/mol. The highest BCUT2D eigenvalue weighted by atomic mass is 16.6. The maximum atomic E-state index is 12.8. The van der Waals surface area contributed by atoms with E-state index < -0.39 is 10.7 Å². The number of hydrogen-bond donors (Lipinski definition) is 0. The standard InChI is InChI=1S/C20H19N3O5/c1-13-11-14-5-2-3-6-16(14)22(13)19(24)7-4-10-21-17-9-8-15(23(26)27)12-18(17)28-20(21)25/h2-3,5-6,8-9,12-13H,4,7,10-11H2,1H3/t13-/m1/s1. The lowest BCUT2D eigenvalue weighted by Gasteiger charge is -2.22. The number of aryl methyl sites for hydroxylation is 1. The van der Waals surface area contributed by atoms with Gasteiger partial charge in [0.2, 0.25) is 5.91 Å². The second-order valence-corrected chi connectivity index (χ2v) is 6.98. The summed E-state index contributed by atoms with van der Waals surface area (Å²) in [5, 5.41) is 10.9. The number of hydrogen-bond acceptors (Lipinski definition) is 5. The van der Waals surface area contributed by atoms with E-state index in [0.717, 1.165) is 12.1 Å². The van der Waals surface area contributed by atoms with Gasteiger partial charge in [-0.2, -0.15) is 0 Å². The SMILES string of the molecule is C[C@@H]1Cc2ccccc2N1C(=O)CCCn1c(=O)oc2cc([N+](=O)[O-])ccc21. The van der Waals surface area contributed by atoms with Crippen LogP contribution in [0.4, 0.5) is 11.4 Å². The fourth-order valence-electron chi connectivity index (χ4n) is 3.83. The predicted octanol–water partition coefficient (Wildman–Crippen LogP) is 3.26. The summed E-state index contributed by atoms with van der Waals surface area (Å²) in [4.78, 5) is 37.0. The molecule has 8 heteroatoms. The molecule has 0 N–H and O–H groups in total. The topological polar surface area (TPSA) is 98.6 Å². The van der Waals surface area contributed by atoms with Crippen molar-refractivity contribution in [2.75, 3.05) is 4.90 Å². The minimum Gasteiger partial charge on any atom is -0.407 e. The van der Waals surface area contributed by atoms with Crippen LogP contribution in [0, 0.1) is 10.1 Å². The summed E-state index contributed by atoms with van der Waals surface area (Å²) in [6.45, 7) is 2.33. The number of carbonyl (C=O) groups excluding carboxylic acids is 1. The lowest BCUT2D eigenvalue weighted by atomic mass is 10.1. The van der Waals surface area contributed by atoms with E-state index in [4.69, 9.17) is 4.42 Å². The van der Waals surface area contributed by atoms with Crippen LogP contribution < -0.4 is 10.7 Å². The largest absolute Gasteiger partial charge is 0.419 e. The average molecular weight is 381 g/mol. The molecule has 1 amide bonds. The van der Waals surface area contributed by atoms with Crippen molar-refractivity contribution in [2.45, 2.75) is 38.8 Å². The van der Waals surface area contributed by atoms with Crippen LogP contribution >= 0.6 is 0 Å². The number of carbonyl (C=O) groups is 1. The number of non-ortho nitro benzene ring substituents is 1. The third-order valence-electron chi connectivity index (χ3n) is 5.11. The lowest BCUT2D eigenvalue weighted by molar-refractivity contribution is -0.384. The van der Waals surface area contributed by atoms with Crippen LogP contribution in [0.15, 0.2) is 51.7 Å². The molecule has 0 aliphatic carbocycles. The van der Waals surface area contributed by atoms with Gasteiger partial charge in [0.05, 0.1) is 16.5 Å². The van der Waals surface area contributed by atoms with Crippen LogP contribution in [0.2, 0.25) is 0 Å². The molecule has 0 spiro atoms. The molecule has 144 valence electrons. The van der Waals surface area contributed by atoms with E-state index in [9.17, 15) is 19.7 Å². The summed E-state index contributed by atoms with van der Waals surface area (Å²) in [5.41, 5.74) is 2.65. The Hall–Kier alpha value is -3.42. The van der Waals surface area contributed by atoms with Crippen LogP contribution in [0.3, 0.4) is 0 Å². The summed E-state index contributed by atoms with van der Waals surface area (Å²) >= 11 is 0. The van der Waals surface area contributed by atoms with Gasteiger partial charge in [0.25, 0.3) is 5.69 Å². The smallest absolute Gasteiger partial charge is 0.407 e. The molecule has 1 aliphatic heterocycles. The molecule has 0 fully saturated rings. The Labute approximate surface area is 160 Å². The Morgan fingerprint density at radius 2 is 2.07 bits per heavy atom. The molecule has 1 atom stereocenters. The molecule has 0 radical (unpaired) electrons. The van der Waals surface area contributed by atoms with Crippen LogP contribution in [-0.2, 0) is 17.8 Å². The van der Waals surface area contributed by atoms with Gasteiger partial charge in [-0.25, -0.2) is 4.79 Å². The number of oxazole rings is 1. The number of anilines is 1. The van der Waals surface area contributed by atoms with Gasteiger partial charge >= 0.3 is 5.76 Å². The summed E-state index contributed by atoms with van der Waals surface area (Å²) in [7, 11) is 0. The fraction of sp³-hybridized carbons (Fsp3) is 0.300. The quantitative estimate of drug-likeness (QED) is 0.499. The molecule has 28 heavy (non-hydrogen) atoms. The number of amides is 1. The fourth-order valence-corrected chi connectivity index (χ4v) is 3.83. The molecule has 1 aliphatic rings. The van der Waals surface area contributed by atoms with Crippen molar-refractivity contribution < 1.29 is 14.1 Å². The first-order chi connectivity index (χ1) is 13.5. The Morgan fingerprint density at radius 3 is 2.86 bits per heavy atom. The highest BCUT2D eigenvalue weighted by molar-refractivity contribution is 5.96. The van der Waals surface area contributed by atoms with Crippen LogP contribution in [-0.4, -0.2) is 21.4 Å². The van der Waals surface area contributed by atoms with Gasteiger partial charge in [0.1, 0.15) is 0 Å². The van der Waals surface area contributed by atoms with E-state index in [2.05, 4.69) is 0 Å². The molecular formula is C20H19N3O5. The average Bonchev–Trinajstić information content (AvgIpc) is 3.16. The lowest BCUT2D eigenvalue weighted by Crippen LogP contribution is -2.35. The highest BCUT2D eigenvalue weighted by Gasteiger charge is 2.30. The van der Waals surface area contributed by atoms with Crippen molar-refractivity contribution in [1.82, 2.24) is 4.57 Å². The van der Waals surface area contributed by atoms with Gasteiger partial charge in [0, 0.05) is 30.8 Å². The molecule has 8 nitrogen and oxygen atoms in total. The number of rotatable bonds is 5. The molecule has 0 saturated carbocycles. The van der Waals surface area contributed by atoms with Gasteiger partial charge in [-0.05, 0) is 37.5 Å². The molecule has 2 aromatic carbocycles. The number of para-hydroxylation sites is 1. The first-order valence-corrected chi connectivity index (χ1v) is 9.13. The minimum absolute atomic E-state index is 0.0222. The molecule has 2 heterocycles. The van der Waals surface area contributed by atoms with Crippen molar-refractivity contribution in [2.24, 2.45) is 0 Å². The van der Waals surface area contributed by atoms with Crippen LogP contribution in [0.5, 0.6) is 0 Å². The van der Waals surface area contributed by atoms with E-state index in [-0.39, 0.29) is 23.2 Å². The van der Waals surface area contributed by atoms with Gasteiger partial charge in [-0.1, -0.05) is 18.2 Å². The normalized spacial score (nSPS) is 15.8. The van der Waals surface area contributed by atoms with E-state index in [1.807, 2.05) is 36.1 Å². The van der Waals surface area contributed by atoms with E-state index >= 15 is 0 Å². The third-order valence-corrected chi connectivity index (χ3v) is 5.11. The number of nitrogens with zero attached hydrogens (tertiary/aromatic N) is 3. The van der Waals surface area contributed by atoms with Crippen molar-refractivity contribution in [3.63, 3.8) is 0 Å². The molecule has 0 unspecified atom stereocenters. The molecule has 3 aromatic rings. The van der Waals surface area contributed by atoms with Gasteiger partial charge < -0.3 is 9.32 Å².